The van der Waals surface area contributed by atoms with Crippen LogP contribution >= 0.6 is 0 Å². The Morgan fingerprint density at radius 3 is 0.931 bits per heavy atom. The molecule has 0 saturated heterocycles. The summed E-state index contributed by atoms with van der Waals surface area (Å²) in [5, 5.41) is 0. The normalized spacial score (nSPS) is 59.9. The maximum atomic E-state index is 2.54. The van der Waals surface area contributed by atoms with Gasteiger partial charge in [-0.15, -0.1) is 0 Å². The molecule has 15 aliphatic rings. The van der Waals surface area contributed by atoms with Crippen LogP contribution in [0.4, 0.5) is 0 Å². The summed E-state index contributed by atoms with van der Waals surface area (Å²) in [5.41, 5.74) is 2.78. The van der Waals surface area contributed by atoms with Crippen molar-refractivity contribution in [2.24, 2.45) is 164 Å². The van der Waals surface area contributed by atoms with Gasteiger partial charge >= 0.3 is 0 Å². The predicted octanol–water partition coefficient (Wildman–Crippen LogP) is 15.9. The van der Waals surface area contributed by atoms with Crippen molar-refractivity contribution in [1.29, 1.82) is 0 Å². The Bertz CT molecular complexity index is 1440. The molecule has 326 valence electrons. The summed E-state index contributed by atoms with van der Waals surface area (Å²) in [5.74, 6) is 27.4. The maximum absolute atomic E-state index is 2.54. The van der Waals surface area contributed by atoms with Crippen molar-refractivity contribution >= 4 is 0 Å². The van der Waals surface area contributed by atoms with Crippen LogP contribution in [0.25, 0.3) is 0 Å². The van der Waals surface area contributed by atoms with Gasteiger partial charge in [-0.25, -0.2) is 0 Å². The van der Waals surface area contributed by atoms with Gasteiger partial charge in [0.05, 0.1) is 0 Å². The van der Waals surface area contributed by atoms with Gasteiger partial charge < -0.3 is 0 Å². The number of rotatable bonds is 1. The van der Waals surface area contributed by atoms with Crippen molar-refractivity contribution in [1.82, 2.24) is 0 Å². The Morgan fingerprint density at radius 2 is 0.603 bits per heavy atom. The van der Waals surface area contributed by atoms with Gasteiger partial charge in [0.15, 0.2) is 0 Å². The Kier molecular flexibility index (Phi) is 9.07. The van der Waals surface area contributed by atoms with E-state index >= 15 is 0 Å². The first-order chi connectivity index (χ1) is 27.5. The van der Waals surface area contributed by atoms with Gasteiger partial charge in [-0.05, 0) is 279 Å². The minimum atomic E-state index is 0.663. The van der Waals surface area contributed by atoms with Gasteiger partial charge in [-0.1, -0.05) is 82.1 Å². The monoisotopic (exact) mass is 791 g/mol. The lowest BCUT2D eigenvalue weighted by Crippen LogP contribution is -2.42. The summed E-state index contributed by atoms with van der Waals surface area (Å²) in [6, 6.07) is 0. The molecule has 24 atom stereocenters. The van der Waals surface area contributed by atoms with Crippen LogP contribution in [0.5, 0.6) is 0 Å². The Balaban J connectivity index is 0.0000000843. The van der Waals surface area contributed by atoms with Crippen molar-refractivity contribution in [3.63, 3.8) is 0 Å². The molecule has 0 heterocycles. The lowest BCUT2D eigenvalue weighted by atomic mass is 9.56. The third-order valence-corrected chi connectivity index (χ3v) is 25.7. The molecule has 0 heteroatoms. The second-order valence-electron chi connectivity index (χ2n) is 29.5. The zero-order valence-electron chi connectivity index (χ0n) is 40.0. The molecular weight excluding hydrogens is 697 g/mol. The highest BCUT2D eigenvalue weighted by Gasteiger charge is 2.67. The average Bonchev–Trinajstić information content (AvgIpc) is 4.00. The Labute approximate surface area is 359 Å². The summed E-state index contributed by atoms with van der Waals surface area (Å²) in [6.07, 6.45) is 31.5. The van der Waals surface area contributed by atoms with Gasteiger partial charge in [0, 0.05) is 0 Å². The zero-order valence-corrected chi connectivity index (χ0v) is 40.0. The van der Waals surface area contributed by atoms with Crippen molar-refractivity contribution in [3.8, 4) is 0 Å². The Morgan fingerprint density at radius 1 is 0.310 bits per heavy atom. The first kappa shape index (κ1) is 39.6. The molecule has 14 bridgehead atoms. The quantitative estimate of drug-likeness (QED) is 0.232. The van der Waals surface area contributed by atoms with E-state index in [4.69, 9.17) is 0 Å². The van der Waals surface area contributed by atoms with Crippen LogP contribution in [-0.2, 0) is 0 Å². The van der Waals surface area contributed by atoms with Gasteiger partial charge in [-0.3, -0.25) is 0 Å². The van der Waals surface area contributed by atoms with Crippen LogP contribution in [-0.4, -0.2) is 0 Å². The van der Waals surface area contributed by atoms with E-state index in [1.807, 2.05) is 0 Å². The number of hydrogen-bond acceptors (Lipinski definition) is 0. The molecule has 15 aliphatic carbocycles. The first-order valence-electron chi connectivity index (χ1n) is 27.5. The highest BCUT2D eigenvalue weighted by Crippen LogP contribution is 2.74. The van der Waals surface area contributed by atoms with Gasteiger partial charge in [0.1, 0.15) is 0 Å². The van der Waals surface area contributed by atoms with E-state index in [0.29, 0.717) is 21.7 Å². The van der Waals surface area contributed by atoms with Gasteiger partial charge in [-0.2, -0.15) is 0 Å². The molecule has 0 aromatic rings. The topological polar surface area (TPSA) is 0 Å². The van der Waals surface area contributed by atoms with Crippen LogP contribution in [0.15, 0.2) is 0 Å². The standard InChI is InChI=1S/C16H28.3C14H22/c1-5-11-7-6-10(2)14-12-8-13(15(11)14)16(3,4)9-12;3*1-14(2)7-10-6-11(14)13-9-4-3-8(5-9)12(10)13/h10-15H,5-9H2,1-4H3;3*8-13H,3-7H2,1-2H3. The van der Waals surface area contributed by atoms with Crippen molar-refractivity contribution < 1.29 is 0 Å². The lowest BCUT2D eigenvalue weighted by Gasteiger charge is -2.49. The molecule has 0 aromatic carbocycles. The zero-order chi connectivity index (χ0) is 40.0. The van der Waals surface area contributed by atoms with Crippen molar-refractivity contribution in [3.05, 3.63) is 0 Å². The second kappa shape index (κ2) is 13.3. The smallest absolute Gasteiger partial charge is 0.0318 e. The molecule has 0 spiro atoms. The second-order valence-corrected chi connectivity index (χ2v) is 29.5. The van der Waals surface area contributed by atoms with E-state index in [2.05, 4.69) is 69.2 Å². The van der Waals surface area contributed by atoms with E-state index in [-0.39, 0.29) is 0 Å². The molecule has 0 nitrogen and oxygen atoms in total. The molecular formula is C58H94. The molecule has 58 heavy (non-hydrogen) atoms. The highest BCUT2D eigenvalue weighted by molar-refractivity contribution is 5.16. The van der Waals surface area contributed by atoms with Crippen LogP contribution in [0.1, 0.15) is 198 Å². The Hall–Kier alpha value is 0. The molecule has 0 radical (unpaired) electrons. The number of hydrogen-bond donors (Lipinski definition) is 0. The van der Waals surface area contributed by atoms with E-state index in [9.17, 15) is 0 Å². The highest BCUT2D eigenvalue weighted by atomic mass is 14.7. The van der Waals surface area contributed by atoms with E-state index in [1.54, 1.807) is 103 Å². The summed E-state index contributed by atoms with van der Waals surface area (Å²) in [4.78, 5) is 0. The maximum Gasteiger partial charge on any atom is -0.0318 e. The van der Waals surface area contributed by atoms with Crippen LogP contribution < -0.4 is 0 Å². The van der Waals surface area contributed by atoms with Crippen LogP contribution in [0.3, 0.4) is 0 Å². The van der Waals surface area contributed by atoms with E-state index in [1.165, 1.54) is 96.7 Å². The fourth-order valence-corrected chi connectivity index (χ4v) is 24.5. The van der Waals surface area contributed by atoms with Crippen LogP contribution in [0, 0.1) is 164 Å². The average molecular weight is 791 g/mol. The van der Waals surface area contributed by atoms with Crippen molar-refractivity contribution in [2.75, 3.05) is 0 Å². The summed E-state index contributed by atoms with van der Waals surface area (Å²) in [6.45, 7) is 25.3. The lowest BCUT2D eigenvalue weighted by molar-refractivity contribution is -0.00677. The summed E-state index contributed by atoms with van der Waals surface area (Å²) in [7, 11) is 0. The molecule has 24 unspecified atom stereocenters. The fourth-order valence-electron chi connectivity index (χ4n) is 24.5. The van der Waals surface area contributed by atoms with Crippen LogP contribution in [0.2, 0.25) is 0 Å². The molecule has 15 saturated carbocycles. The fraction of sp³-hybridized carbons (Fsp3) is 1.00. The predicted molar refractivity (Wildman–Crippen MR) is 243 cm³/mol. The third-order valence-electron chi connectivity index (χ3n) is 25.7. The third kappa shape index (κ3) is 5.60. The van der Waals surface area contributed by atoms with E-state index in [0.717, 1.165) is 71.0 Å². The largest absolute Gasteiger partial charge is 0.0651 e. The number of fused-ring (bicyclic) bond motifs is 32. The molecule has 0 amide bonds. The molecule has 0 aliphatic heterocycles. The molecule has 15 rings (SSSR count). The molecule has 0 N–H and O–H groups in total. The van der Waals surface area contributed by atoms with E-state index < -0.39 is 0 Å². The summed E-state index contributed by atoms with van der Waals surface area (Å²) < 4.78 is 0. The van der Waals surface area contributed by atoms with Gasteiger partial charge in [0.25, 0.3) is 0 Å². The SMILES string of the molecule is CC1(C)CC2CC1C1C3CCC(C3)C21.CC1(C)CC2CC1C1C3CCC(C3)C21.CC1(C)CC2CC1C1C3CCC(C3)C21.CCC1CCC(C)C2C3CC(C12)C(C)(C)C3. The van der Waals surface area contributed by atoms with Crippen molar-refractivity contribution in [2.45, 2.75) is 198 Å². The minimum Gasteiger partial charge on any atom is -0.0651 e. The minimum absolute atomic E-state index is 0.663. The first-order valence-corrected chi connectivity index (χ1v) is 27.5. The molecule has 15 fully saturated rings. The molecule has 0 aromatic heterocycles. The summed E-state index contributed by atoms with van der Waals surface area (Å²) >= 11 is 0. The van der Waals surface area contributed by atoms with Gasteiger partial charge in [0.2, 0.25) is 0 Å².